The number of rotatable bonds is 13. The predicted octanol–water partition coefficient (Wildman–Crippen LogP) is 4.22. The lowest BCUT2D eigenvalue weighted by molar-refractivity contribution is 0.265. The molecule has 0 aliphatic heterocycles. The number of thioether (sulfide) groups is 1. The van der Waals surface area contributed by atoms with E-state index >= 15 is 0 Å². The molecule has 2 atom stereocenters. The predicted molar refractivity (Wildman–Crippen MR) is 89.1 cm³/mol. The zero-order valence-corrected chi connectivity index (χ0v) is 14.3. The molecule has 0 spiro atoms. The van der Waals surface area contributed by atoms with Crippen LogP contribution in [0.3, 0.4) is 0 Å². The molecule has 0 fully saturated rings. The Hall–Kier alpha value is 0.270. The van der Waals surface area contributed by atoms with Gasteiger partial charge in [-0.25, -0.2) is 0 Å². The minimum atomic E-state index is 0.270. The summed E-state index contributed by atoms with van der Waals surface area (Å²) in [4.78, 5) is 0. The van der Waals surface area contributed by atoms with Crippen molar-refractivity contribution in [2.45, 2.75) is 89.5 Å². The van der Waals surface area contributed by atoms with E-state index in [0.29, 0.717) is 17.3 Å². The van der Waals surface area contributed by atoms with E-state index in [4.69, 9.17) is 0 Å². The van der Waals surface area contributed by atoms with Crippen molar-refractivity contribution >= 4 is 11.8 Å². The highest BCUT2D eigenvalue weighted by Crippen LogP contribution is 2.15. The maximum absolute atomic E-state index is 9.38. The largest absolute Gasteiger partial charge is 0.395 e. The van der Waals surface area contributed by atoms with Crippen molar-refractivity contribution in [3.63, 3.8) is 0 Å². The minimum Gasteiger partial charge on any atom is -0.395 e. The summed E-state index contributed by atoms with van der Waals surface area (Å²) in [6, 6.07) is 1.03. The average molecular weight is 290 g/mol. The van der Waals surface area contributed by atoms with Crippen LogP contribution in [0, 0.1) is 0 Å². The molecule has 2 N–H and O–H groups in total. The Kier molecular flexibility index (Phi) is 13.5. The average Bonchev–Trinajstić information content (AvgIpc) is 2.40. The monoisotopic (exact) mass is 289 g/mol. The molecule has 0 saturated heterocycles. The summed E-state index contributed by atoms with van der Waals surface area (Å²) in [5.74, 6) is 0. The van der Waals surface area contributed by atoms with Crippen molar-refractivity contribution in [2.24, 2.45) is 0 Å². The zero-order valence-electron chi connectivity index (χ0n) is 13.5. The Balaban J connectivity index is 4.13. The van der Waals surface area contributed by atoms with Gasteiger partial charge in [0.25, 0.3) is 0 Å². The van der Waals surface area contributed by atoms with Crippen LogP contribution < -0.4 is 5.32 Å². The third kappa shape index (κ3) is 9.75. The van der Waals surface area contributed by atoms with Gasteiger partial charge in [0.05, 0.1) is 6.61 Å². The number of hydrogen-bond donors (Lipinski definition) is 2. The Bertz CT molecular complexity index is 176. The topological polar surface area (TPSA) is 32.3 Å². The molecule has 2 unspecified atom stereocenters. The second-order valence-corrected chi connectivity index (χ2v) is 6.68. The highest BCUT2D eigenvalue weighted by Gasteiger charge is 2.18. The Morgan fingerprint density at radius 3 is 1.89 bits per heavy atom. The van der Waals surface area contributed by atoms with Crippen molar-refractivity contribution in [1.82, 2.24) is 5.32 Å². The van der Waals surface area contributed by atoms with E-state index in [0.717, 1.165) is 0 Å². The van der Waals surface area contributed by atoms with Gasteiger partial charge >= 0.3 is 0 Å². The quantitative estimate of drug-likeness (QED) is 0.498. The summed E-state index contributed by atoms with van der Waals surface area (Å²) in [5.41, 5.74) is 0. The molecule has 0 amide bonds. The van der Waals surface area contributed by atoms with E-state index in [-0.39, 0.29) is 6.61 Å². The molecule has 0 aliphatic rings. The summed E-state index contributed by atoms with van der Waals surface area (Å²) in [5, 5.41) is 13.5. The van der Waals surface area contributed by atoms with Crippen LogP contribution in [-0.2, 0) is 0 Å². The van der Waals surface area contributed by atoms with E-state index in [1.807, 2.05) is 0 Å². The second kappa shape index (κ2) is 13.3. The maximum Gasteiger partial charge on any atom is 0.0564 e. The first-order valence-corrected chi connectivity index (χ1v) is 9.38. The normalized spacial score (nSPS) is 14.8. The molecule has 0 saturated carbocycles. The van der Waals surface area contributed by atoms with Crippen LogP contribution in [-0.4, -0.2) is 35.3 Å². The molecule has 0 aromatic rings. The summed E-state index contributed by atoms with van der Waals surface area (Å²) >= 11 is 1.76. The van der Waals surface area contributed by atoms with Crippen molar-refractivity contribution in [2.75, 3.05) is 12.9 Å². The standard InChI is InChI=1S/C16H35NOS/c1-5-7-9-11-15(12-10-8-6-2)17-14(3)16(13-18)19-4/h14-18H,5-13H2,1-4H3. The van der Waals surface area contributed by atoms with Gasteiger partial charge in [-0.3, -0.25) is 0 Å². The fourth-order valence-corrected chi connectivity index (χ4v) is 3.14. The van der Waals surface area contributed by atoms with Crippen molar-refractivity contribution < 1.29 is 5.11 Å². The molecule has 116 valence electrons. The lowest BCUT2D eigenvalue weighted by Gasteiger charge is -2.27. The first-order valence-electron chi connectivity index (χ1n) is 8.09. The highest BCUT2D eigenvalue weighted by molar-refractivity contribution is 7.99. The van der Waals surface area contributed by atoms with Crippen LogP contribution in [0.1, 0.15) is 72.1 Å². The van der Waals surface area contributed by atoms with Gasteiger partial charge in [-0.15, -0.1) is 0 Å². The smallest absolute Gasteiger partial charge is 0.0564 e. The van der Waals surface area contributed by atoms with Gasteiger partial charge < -0.3 is 10.4 Å². The molecule has 0 heterocycles. The van der Waals surface area contributed by atoms with Crippen LogP contribution in [0.25, 0.3) is 0 Å². The van der Waals surface area contributed by atoms with Gasteiger partial charge in [0.1, 0.15) is 0 Å². The van der Waals surface area contributed by atoms with Crippen molar-refractivity contribution in [3.05, 3.63) is 0 Å². The fourth-order valence-electron chi connectivity index (χ4n) is 2.51. The lowest BCUT2D eigenvalue weighted by Crippen LogP contribution is -2.43. The molecule has 0 radical (unpaired) electrons. The maximum atomic E-state index is 9.38. The summed E-state index contributed by atoms with van der Waals surface area (Å²) in [6.07, 6.45) is 12.6. The highest BCUT2D eigenvalue weighted by atomic mass is 32.2. The van der Waals surface area contributed by atoms with Crippen LogP contribution in [0.5, 0.6) is 0 Å². The zero-order chi connectivity index (χ0) is 14.5. The van der Waals surface area contributed by atoms with Crippen LogP contribution in [0.15, 0.2) is 0 Å². The van der Waals surface area contributed by atoms with Crippen LogP contribution >= 0.6 is 11.8 Å². The van der Waals surface area contributed by atoms with Gasteiger partial charge in [-0.05, 0) is 26.0 Å². The SMILES string of the molecule is CCCCCC(CCCCC)NC(C)C(CO)SC. The molecule has 19 heavy (non-hydrogen) atoms. The molecule has 3 heteroatoms. The number of hydrogen-bond acceptors (Lipinski definition) is 3. The molecule has 0 aliphatic carbocycles. The molecular weight excluding hydrogens is 254 g/mol. The minimum absolute atomic E-state index is 0.270. The van der Waals surface area contributed by atoms with Crippen molar-refractivity contribution in [3.8, 4) is 0 Å². The van der Waals surface area contributed by atoms with E-state index in [1.54, 1.807) is 11.8 Å². The Labute approximate surface area is 125 Å². The third-order valence-corrected chi connectivity index (χ3v) is 5.01. The molecular formula is C16H35NOS. The van der Waals surface area contributed by atoms with E-state index < -0.39 is 0 Å². The fraction of sp³-hybridized carbons (Fsp3) is 1.00. The summed E-state index contributed by atoms with van der Waals surface area (Å²) in [6.45, 7) is 7.01. The Morgan fingerprint density at radius 2 is 1.53 bits per heavy atom. The third-order valence-electron chi connectivity index (χ3n) is 3.85. The van der Waals surface area contributed by atoms with E-state index in [9.17, 15) is 5.11 Å². The van der Waals surface area contributed by atoms with Crippen LogP contribution in [0.4, 0.5) is 0 Å². The molecule has 0 aromatic carbocycles. The van der Waals surface area contributed by atoms with Crippen molar-refractivity contribution in [1.29, 1.82) is 0 Å². The van der Waals surface area contributed by atoms with Crippen LogP contribution in [0.2, 0.25) is 0 Å². The van der Waals surface area contributed by atoms with Gasteiger partial charge in [-0.1, -0.05) is 52.4 Å². The number of aliphatic hydroxyl groups excluding tert-OH is 1. The first kappa shape index (κ1) is 19.3. The molecule has 0 rings (SSSR count). The summed E-state index contributed by atoms with van der Waals surface area (Å²) < 4.78 is 0. The van der Waals surface area contributed by atoms with Gasteiger partial charge in [-0.2, -0.15) is 11.8 Å². The molecule has 0 aromatic heterocycles. The first-order chi connectivity index (χ1) is 9.19. The lowest BCUT2D eigenvalue weighted by atomic mass is 10.0. The second-order valence-electron chi connectivity index (χ2n) is 5.60. The molecule has 0 bridgehead atoms. The number of aliphatic hydroxyl groups is 1. The van der Waals surface area contributed by atoms with Gasteiger partial charge in [0.2, 0.25) is 0 Å². The van der Waals surface area contributed by atoms with E-state index in [2.05, 4.69) is 32.3 Å². The number of unbranched alkanes of at least 4 members (excludes halogenated alkanes) is 4. The number of nitrogens with one attached hydrogen (secondary N) is 1. The van der Waals surface area contributed by atoms with Gasteiger partial charge in [0.15, 0.2) is 0 Å². The summed E-state index contributed by atoms with van der Waals surface area (Å²) in [7, 11) is 0. The Morgan fingerprint density at radius 1 is 1.00 bits per heavy atom. The van der Waals surface area contributed by atoms with Gasteiger partial charge in [0, 0.05) is 17.3 Å². The van der Waals surface area contributed by atoms with E-state index in [1.165, 1.54) is 51.4 Å². The molecule has 2 nitrogen and oxygen atoms in total.